The lowest BCUT2D eigenvalue weighted by atomic mass is 10.2. The molecular weight excluding hydrogens is 394 g/mol. The third-order valence-electron chi connectivity index (χ3n) is 4.47. The first-order valence-electron chi connectivity index (χ1n) is 9.24. The number of ether oxygens (including phenoxy) is 2. The van der Waals surface area contributed by atoms with E-state index in [1.54, 1.807) is 19.9 Å². The van der Waals surface area contributed by atoms with E-state index >= 15 is 0 Å². The van der Waals surface area contributed by atoms with Gasteiger partial charge in [-0.25, -0.2) is 8.42 Å². The number of fused-ring (bicyclic) bond motifs is 1. The fraction of sp³-hybridized carbons (Fsp3) is 0.300. The first kappa shape index (κ1) is 19.4. The number of hydrogen-bond acceptors (Lipinski definition) is 7. The molecule has 29 heavy (non-hydrogen) atoms. The molecule has 0 amide bonds. The second-order valence-corrected chi connectivity index (χ2v) is 8.71. The zero-order valence-corrected chi connectivity index (χ0v) is 16.9. The van der Waals surface area contributed by atoms with E-state index in [0.29, 0.717) is 30.6 Å². The molecule has 3 aromatic rings. The molecule has 0 aliphatic carbocycles. The summed E-state index contributed by atoms with van der Waals surface area (Å²) in [5.41, 5.74) is 0.775. The molecule has 1 aliphatic rings. The summed E-state index contributed by atoms with van der Waals surface area (Å²) in [6.45, 7) is 4.38. The molecule has 0 saturated carbocycles. The SMILES string of the molecule is CC(C)N(Cc1nnc(-c2ccccc2)o1)S(=O)(=O)c1ccc2c(c1)OCCO2. The summed E-state index contributed by atoms with van der Waals surface area (Å²) in [6, 6.07) is 13.6. The third kappa shape index (κ3) is 3.96. The van der Waals surface area contributed by atoms with Gasteiger partial charge in [0.1, 0.15) is 13.2 Å². The first-order valence-corrected chi connectivity index (χ1v) is 10.7. The molecule has 0 unspecified atom stereocenters. The van der Waals surface area contributed by atoms with Crippen LogP contribution in [0.15, 0.2) is 57.8 Å². The highest BCUT2D eigenvalue weighted by atomic mass is 32.2. The quantitative estimate of drug-likeness (QED) is 0.610. The summed E-state index contributed by atoms with van der Waals surface area (Å²) in [4.78, 5) is 0.123. The van der Waals surface area contributed by atoms with E-state index in [1.807, 2.05) is 30.3 Å². The fourth-order valence-corrected chi connectivity index (χ4v) is 4.62. The van der Waals surface area contributed by atoms with Crippen molar-refractivity contribution in [3.8, 4) is 23.0 Å². The van der Waals surface area contributed by atoms with Gasteiger partial charge < -0.3 is 13.9 Å². The predicted octanol–water partition coefficient (Wildman–Crippen LogP) is 3.11. The summed E-state index contributed by atoms with van der Waals surface area (Å²) < 4.78 is 44.6. The number of rotatable bonds is 6. The van der Waals surface area contributed by atoms with Gasteiger partial charge >= 0.3 is 0 Å². The molecule has 8 nitrogen and oxygen atoms in total. The molecule has 2 aromatic carbocycles. The van der Waals surface area contributed by atoms with Crippen LogP contribution in [0.1, 0.15) is 19.7 Å². The van der Waals surface area contributed by atoms with Gasteiger partial charge in [-0.15, -0.1) is 10.2 Å². The summed E-state index contributed by atoms with van der Waals surface area (Å²) in [6.07, 6.45) is 0. The Balaban J connectivity index is 1.61. The number of benzene rings is 2. The zero-order valence-electron chi connectivity index (χ0n) is 16.1. The van der Waals surface area contributed by atoms with E-state index in [-0.39, 0.29) is 23.4 Å². The lowest BCUT2D eigenvalue weighted by Crippen LogP contribution is -2.36. The maximum atomic E-state index is 13.3. The van der Waals surface area contributed by atoms with Crippen LogP contribution in [0.4, 0.5) is 0 Å². The standard InChI is InChI=1S/C20H21N3O5S/c1-14(2)23(13-19-21-22-20(28-19)15-6-4-3-5-7-15)29(24,25)16-8-9-17-18(12-16)27-11-10-26-17/h3-9,12,14H,10-11,13H2,1-2H3. The minimum absolute atomic E-state index is 0.0335. The summed E-state index contributed by atoms with van der Waals surface area (Å²) in [7, 11) is -3.82. The Morgan fingerprint density at radius 3 is 2.45 bits per heavy atom. The van der Waals surface area contributed by atoms with Crippen LogP contribution in [0.3, 0.4) is 0 Å². The molecule has 4 rings (SSSR count). The Morgan fingerprint density at radius 2 is 1.72 bits per heavy atom. The topological polar surface area (TPSA) is 94.8 Å². The Morgan fingerprint density at radius 1 is 1.00 bits per heavy atom. The van der Waals surface area contributed by atoms with Crippen LogP contribution in [0.2, 0.25) is 0 Å². The first-order chi connectivity index (χ1) is 13.9. The van der Waals surface area contributed by atoms with Crippen molar-refractivity contribution < 1.29 is 22.3 Å². The molecule has 2 heterocycles. The van der Waals surface area contributed by atoms with Crippen molar-refractivity contribution in [1.29, 1.82) is 0 Å². The van der Waals surface area contributed by atoms with E-state index < -0.39 is 10.0 Å². The molecule has 152 valence electrons. The molecular formula is C20H21N3O5S. The highest BCUT2D eigenvalue weighted by Gasteiger charge is 2.30. The largest absolute Gasteiger partial charge is 0.486 e. The summed E-state index contributed by atoms with van der Waals surface area (Å²) in [5.74, 6) is 1.53. The maximum absolute atomic E-state index is 13.3. The second-order valence-electron chi connectivity index (χ2n) is 6.82. The van der Waals surface area contributed by atoms with Crippen molar-refractivity contribution in [3.63, 3.8) is 0 Å². The second kappa shape index (κ2) is 7.84. The Bertz CT molecular complexity index is 1100. The highest BCUT2D eigenvalue weighted by molar-refractivity contribution is 7.89. The van der Waals surface area contributed by atoms with Crippen LogP contribution in [-0.2, 0) is 16.6 Å². The van der Waals surface area contributed by atoms with Gasteiger partial charge in [0.2, 0.25) is 21.8 Å². The van der Waals surface area contributed by atoms with Gasteiger partial charge in [-0.3, -0.25) is 0 Å². The molecule has 9 heteroatoms. The Kier molecular flexibility index (Phi) is 5.25. The number of hydrogen-bond donors (Lipinski definition) is 0. The van der Waals surface area contributed by atoms with Crippen molar-refractivity contribution in [1.82, 2.24) is 14.5 Å². The van der Waals surface area contributed by atoms with Crippen LogP contribution in [0.25, 0.3) is 11.5 Å². The van der Waals surface area contributed by atoms with Gasteiger partial charge in [0.05, 0.1) is 11.4 Å². The Hall–Kier alpha value is -2.91. The smallest absolute Gasteiger partial charge is 0.247 e. The molecule has 0 fully saturated rings. The third-order valence-corrected chi connectivity index (χ3v) is 6.49. The van der Waals surface area contributed by atoms with Gasteiger partial charge in [-0.05, 0) is 38.1 Å². The van der Waals surface area contributed by atoms with Crippen LogP contribution >= 0.6 is 0 Å². The average molecular weight is 415 g/mol. The van der Waals surface area contributed by atoms with E-state index in [2.05, 4.69) is 10.2 Å². The molecule has 0 saturated heterocycles. The molecule has 1 aliphatic heterocycles. The van der Waals surface area contributed by atoms with Gasteiger partial charge in [0, 0.05) is 17.7 Å². The van der Waals surface area contributed by atoms with Crippen LogP contribution in [0, 0.1) is 0 Å². The number of sulfonamides is 1. The highest BCUT2D eigenvalue weighted by Crippen LogP contribution is 2.34. The minimum Gasteiger partial charge on any atom is -0.486 e. The minimum atomic E-state index is -3.82. The number of nitrogens with zero attached hydrogens (tertiary/aromatic N) is 3. The summed E-state index contributed by atoms with van der Waals surface area (Å²) >= 11 is 0. The van der Waals surface area contributed by atoms with Crippen molar-refractivity contribution in [2.24, 2.45) is 0 Å². The molecule has 0 spiro atoms. The van der Waals surface area contributed by atoms with Crippen LogP contribution < -0.4 is 9.47 Å². The molecule has 0 N–H and O–H groups in total. The Labute approximate surface area is 169 Å². The zero-order chi connectivity index (χ0) is 20.4. The molecule has 0 atom stereocenters. The lowest BCUT2D eigenvalue weighted by molar-refractivity contribution is 0.171. The van der Waals surface area contributed by atoms with Gasteiger partial charge in [0.25, 0.3) is 0 Å². The predicted molar refractivity (Wildman–Crippen MR) is 105 cm³/mol. The van der Waals surface area contributed by atoms with E-state index in [0.717, 1.165) is 5.56 Å². The maximum Gasteiger partial charge on any atom is 0.247 e. The molecule has 1 aromatic heterocycles. The van der Waals surface area contributed by atoms with Gasteiger partial charge in [0.15, 0.2) is 11.5 Å². The van der Waals surface area contributed by atoms with E-state index in [9.17, 15) is 8.42 Å². The summed E-state index contributed by atoms with van der Waals surface area (Å²) in [5, 5.41) is 8.06. The lowest BCUT2D eigenvalue weighted by Gasteiger charge is -2.25. The fourth-order valence-electron chi connectivity index (χ4n) is 3.01. The van der Waals surface area contributed by atoms with Crippen molar-refractivity contribution in [2.75, 3.05) is 13.2 Å². The average Bonchev–Trinajstić information content (AvgIpc) is 3.21. The van der Waals surface area contributed by atoms with Crippen molar-refractivity contribution >= 4 is 10.0 Å². The van der Waals surface area contributed by atoms with Crippen LogP contribution in [0.5, 0.6) is 11.5 Å². The van der Waals surface area contributed by atoms with Gasteiger partial charge in [-0.2, -0.15) is 4.31 Å². The normalized spacial score (nSPS) is 13.8. The van der Waals surface area contributed by atoms with Crippen molar-refractivity contribution in [2.45, 2.75) is 31.3 Å². The molecule has 0 radical (unpaired) electrons. The monoisotopic (exact) mass is 415 g/mol. The van der Waals surface area contributed by atoms with Crippen molar-refractivity contribution in [3.05, 3.63) is 54.4 Å². The number of aromatic nitrogens is 2. The van der Waals surface area contributed by atoms with E-state index in [1.165, 1.54) is 16.4 Å². The van der Waals surface area contributed by atoms with Crippen LogP contribution in [-0.4, -0.2) is 42.2 Å². The van der Waals surface area contributed by atoms with E-state index in [4.69, 9.17) is 13.9 Å². The van der Waals surface area contributed by atoms with Gasteiger partial charge in [-0.1, -0.05) is 18.2 Å². The molecule has 0 bridgehead atoms.